The van der Waals surface area contributed by atoms with Gasteiger partial charge in [-0.05, 0) is 31.0 Å². The minimum atomic E-state index is -3.73. The van der Waals surface area contributed by atoms with E-state index in [0.29, 0.717) is 5.56 Å². The molecular formula is C13H18N2O4S. The highest BCUT2D eigenvalue weighted by atomic mass is 32.2. The molecule has 6 nitrogen and oxygen atoms in total. The zero-order chi connectivity index (χ0) is 14.8. The average Bonchev–Trinajstić information content (AvgIpc) is 2.99. The number of hydrogen-bond donors (Lipinski definition) is 0. The molecule has 2 rings (SSSR count). The van der Waals surface area contributed by atoms with Gasteiger partial charge in [0.05, 0.1) is 12.0 Å². The van der Waals surface area contributed by atoms with Gasteiger partial charge in [0.1, 0.15) is 0 Å². The molecule has 0 atom stereocenters. The van der Waals surface area contributed by atoms with Crippen LogP contribution in [0, 0.1) is 0 Å². The van der Waals surface area contributed by atoms with E-state index >= 15 is 0 Å². The number of hydrogen-bond acceptors (Lipinski definition) is 4. The van der Waals surface area contributed by atoms with Crippen molar-refractivity contribution in [2.45, 2.75) is 17.7 Å². The van der Waals surface area contributed by atoms with E-state index in [4.69, 9.17) is 4.84 Å². The van der Waals surface area contributed by atoms with Crippen LogP contribution in [0.3, 0.4) is 0 Å². The van der Waals surface area contributed by atoms with E-state index in [-0.39, 0.29) is 10.8 Å². The van der Waals surface area contributed by atoms with Crippen molar-refractivity contribution in [1.82, 2.24) is 9.37 Å². The Morgan fingerprint density at radius 3 is 2.55 bits per heavy atom. The Labute approximate surface area is 118 Å². The molecule has 1 aromatic rings. The highest BCUT2D eigenvalue weighted by Gasteiger charge is 2.24. The number of sulfonamides is 1. The standard InChI is InChI=1S/C13H18N2O4S/c1-14(19-2)20(17,18)12-7-5-6-11(10-12)13(16)15-8-3-4-9-15/h5-7,10H,3-4,8-9H2,1-2H3. The predicted octanol–water partition coefficient (Wildman–Crippen LogP) is 1.10. The van der Waals surface area contributed by atoms with Crippen molar-refractivity contribution in [1.29, 1.82) is 0 Å². The zero-order valence-electron chi connectivity index (χ0n) is 11.6. The number of carbonyl (C=O) groups is 1. The van der Waals surface area contributed by atoms with E-state index in [1.54, 1.807) is 17.0 Å². The molecule has 1 amide bonds. The Morgan fingerprint density at radius 1 is 1.30 bits per heavy atom. The molecule has 20 heavy (non-hydrogen) atoms. The molecule has 0 aromatic heterocycles. The summed E-state index contributed by atoms with van der Waals surface area (Å²) >= 11 is 0. The van der Waals surface area contributed by atoms with Crippen LogP contribution in [-0.2, 0) is 14.9 Å². The van der Waals surface area contributed by atoms with Crippen LogP contribution in [0.2, 0.25) is 0 Å². The topological polar surface area (TPSA) is 66.9 Å². The van der Waals surface area contributed by atoms with Crippen molar-refractivity contribution in [2.75, 3.05) is 27.2 Å². The minimum Gasteiger partial charge on any atom is -0.339 e. The lowest BCUT2D eigenvalue weighted by molar-refractivity contribution is -0.0258. The molecule has 1 saturated heterocycles. The van der Waals surface area contributed by atoms with Crippen LogP contribution in [0.4, 0.5) is 0 Å². The molecule has 7 heteroatoms. The lowest BCUT2D eigenvalue weighted by atomic mass is 10.2. The van der Waals surface area contributed by atoms with Crippen LogP contribution in [0.5, 0.6) is 0 Å². The van der Waals surface area contributed by atoms with Crippen LogP contribution < -0.4 is 0 Å². The van der Waals surface area contributed by atoms with Gasteiger partial charge in [-0.1, -0.05) is 10.5 Å². The summed E-state index contributed by atoms with van der Waals surface area (Å²) in [7, 11) is -1.14. The normalized spacial score (nSPS) is 15.8. The Kier molecular flexibility index (Phi) is 4.42. The highest BCUT2D eigenvalue weighted by Crippen LogP contribution is 2.18. The van der Waals surface area contributed by atoms with Gasteiger partial charge in [0.2, 0.25) is 0 Å². The maximum absolute atomic E-state index is 12.3. The molecule has 0 saturated carbocycles. The molecule has 0 N–H and O–H groups in total. The number of carbonyl (C=O) groups excluding carboxylic acids is 1. The van der Waals surface area contributed by atoms with E-state index in [1.165, 1.54) is 26.3 Å². The number of nitrogens with zero attached hydrogens (tertiary/aromatic N) is 2. The fourth-order valence-electron chi connectivity index (χ4n) is 2.14. The van der Waals surface area contributed by atoms with E-state index in [2.05, 4.69) is 0 Å². The molecule has 1 fully saturated rings. The third-order valence-electron chi connectivity index (χ3n) is 3.37. The van der Waals surface area contributed by atoms with Crippen LogP contribution in [0.25, 0.3) is 0 Å². The molecule has 0 spiro atoms. The van der Waals surface area contributed by atoms with Crippen molar-refractivity contribution in [3.8, 4) is 0 Å². The third kappa shape index (κ3) is 2.84. The quantitative estimate of drug-likeness (QED) is 0.781. The molecule has 1 aliphatic rings. The Morgan fingerprint density at radius 2 is 1.95 bits per heavy atom. The second-order valence-electron chi connectivity index (χ2n) is 4.62. The first-order valence-corrected chi connectivity index (χ1v) is 7.83. The van der Waals surface area contributed by atoms with Crippen molar-refractivity contribution >= 4 is 15.9 Å². The van der Waals surface area contributed by atoms with Crippen LogP contribution in [0.15, 0.2) is 29.2 Å². The molecule has 1 heterocycles. The summed E-state index contributed by atoms with van der Waals surface area (Å²) in [6, 6.07) is 6.04. The molecule has 0 radical (unpaired) electrons. The van der Waals surface area contributed by atoms with E-state index in [9.17, 15) is 13.2 Å². The molecule has 0 bridgehead atoms. The van der Waals surface area contributed by atoms with Crippen LogP contribution >= 0.6 is 0 Å². The molecule has 1 aliphatic heterocycles. The molecular weight excluding hydrogens is 280 g/mol. The van der Waals surface area contributed by atoms with Crippen molar-refractivity contribution < 1.29 is 18.0 Å². The second-order valence-corrected chi connectivity index (χ2v) is 6.56. The smallest absolute Gasteiger partial charge is 0.264 e. The van der Waals surface area contributed by atoms with Gasteiger partial charge in [-0.25, -0.2) is 8.42 Å². The summed E-state index contributed by atoms with van der Waals surface area (Å²) in [6.45, 7) is 1.46. The van der Waals surface area contributed by atoms with Gasteiger partial charge in [0, 0.05) is 25.7 Å². The van der Waals surface area contributed by atoms with Gasteiger partial charge in [-0.3, -0.25) is 9.63 Å². The fraction of sp³-hybridized carbons (Fsp3) is 0.462. The number of amides is 1. The van der Waals surface area contributed by atoms with E-state index < -0.39 is 10.0 Å². The summed E-state index contributed by atoms with van der Waals surface area (Å²) in [5, 5.41) is 0. The summed E-state index contributed by atoms with van der Waals surface area (Å²) in [6.07, 6.45) is 1.99. The second kappa shape index (κ2) is 5.90. The van der Waals surface area contributed by atoms with Crippen LogP contribution in [-0.4, -0.2) is 50.9 Å². The Balaban J connectivity index is 2.30. The maximum Gasteiger partial charge on any atom is 0.264 e. The maximum atomic E-state index is 12.3. The molecule has 110 valence electrons. The zero-order valence-corrected chi connectivity index (χ0v) is 12.4. The SMILES string of the molecule is CON(C)S(=O)(=O)c1cccc(C(=O)N2CCCC2)c1. The molecule has 1 aromatic carbocycles. The van der Waals surface area contributed by atoms with Gasteiger partial charge < -0.3 is 4.90 Å². The lowest BCUT2D eigenvalue weighted by Crippen LogP contribution is -2.29. The van der Waals surface area contributed by atoms with Gasteiger partial charge in [0.15, 0.2) is 0 Å². The number of hydroxylamine groups is 1. The van der Waals surface area contributed by atoms with Crippen molar-refractivity contribution in [3.63, 3.8) is 0 Å². The first-order chi connectivity index (χ1) is 9.46. The summed E-state index contributed by atoms with van der Waals surface area (Å²) in [4.78, 5) is 18.8. The summed E-state index contributed by atoms with van der Waals surface area (Å²) in [5.41, 5.74) is 0.387. The van der Waals surface area contributed by atoms with Gasteiger partial charge >= 0.3 is 0 Å². The number of rotatable bonds is 4. The van der Waals surface area contributed by atoms with Crippen molar-refractivity contribution in [2.24, 2.45) is 0 Å². The predicted molar refractivity (Wildman–Crippen MR) is 73.5 cm³/mol. The van der Waals surface area contributed by atoms with Gasteiger partial charge in [-0.15, -0.1) is 0 Å². The number of benzene rings is 1. The van der Waals surface area contributed by atoms with Crippen LogP contribution in [0.1, 0.15) is 23.2 Å². The Bertz CT molecular complexity index is 594. The lowest BCUT2D eigenvalue weighted by Gasteiger charge is -2.17. The van der Waals surface area contributed by atoms with Crippen molar-refractivity contribution in [3.05, 3.63) is 29.8 Å². The average molecular weight is 298 g/mol. The summed E-state index contributed by atoms with van der Waals surface area (Å²) in [5.74, 6) is -0.125. The molecule has 0 unspecified atom stereocenters. The largest absolute Gasteiger partial charge is 0.339 e. The van der Waals surface area contributed by atoms with Gasteiger partial charge in [-0.2, -0.15) is 0 Å². The first-order valence-electron chi connectivity index (χ1n) is 6.39. The Hall–Kier alpha value is -1.44. The minimum absolute atomic E-state index is 0.0481. The highest BCUT2D eigenvalue weighted by molar-refractivity contribution is 7.89. The van der Waals surface area contributed by atoms with E-state index in [0.717, 1.165) is 30.4 Å². The third-order valence-corrected chi connectivity index (χ3v) is 5.04. The first kappa shape index (κ1) is 15.0. The summed E-state index contributed by atoms with van der Waals surface area (Å²) < 4.78 is 25.0. The fourth-order valence-corrected chi connectivity index (χ4v) is 3.16. The van der Waals surface area contributed by atoms with Gasteiger partial charge in [0.25, 0.3) is 15.9 Å². The monoisotopic (exact) mass is 298 g/mol. The number of likely N-dealkylation sites (tertiary alicyclic amines) is 1. The van der Waals surface area contributed by atoms with E-state index in [1.807, 2.05) is 0 Å². The molecule has 0 aliphatic carbocycles.